The lowest BCUT2D eigenvalue weighted by molar-refractivity contribution is 0.0599. The van der Waals surface area contributed by atoms with Crippen LogP contribution in [0, 0.1) is 4.91 Å². The van der Waals surface area contributed by atoms with Gasteiger partial charge in [-0.3, -0.25) is 4.90 Å². The van der Waals surface area contributed by atoms with Crippen LogP contribution in [0.2, 0.25) is 0 Å². The van der Waals surface area contributed by atoms with E-state index in [0.29, 0.717) is 17.2 Å². The first kappa shape index (κ1) is 18.4. The fourth-order valence-electron chi connectivity index (χ4n) is 4.65. The van der Waals surface area contributed by atoms with Crippen molar-refractivity contribution in [2.45, 2.75) is 25.0 Å². The molecule has 0 saturated carbocycles. The molecule has 0 aromatic heterocycles. The first-order valence-corrected chi connectivity index (χ1v) is 9.90. The lowest BCUT2D eigenvalue weighted by Crippen LogP contribution is -2.57. The molecule has 5 rings (SSSR count). The predicted molar refractivity (Wildman–Crippen MR) is 119 cm³/mol. The molecule has 0 aliphatic carbocycles. The van der Waals surface area contributed by atoms with Gasteiger partial charge in [-0.1, -0.05) is 36.4 Å². The summed E-state index contributed by atoms with van der Waals surface area (Å²) in [5, 5.41) is 3.07. The average molecular weight is 398 g/mol. The molecule has 1 atom stereocenters. The summed E-state index contributed by atoms with van der Waals surface area (Å²) in [5.74, 6) is 1.10. The van der Waals surface area contributed by atoms with Gasteiger partial charge in [-0.2, -0.15) is 0 Å². The first-order valence-electron chi connectivity index (χ1n) is 9.90. The topological polar surface area (TPSA) is 51.1 Å². The fraction of sp³-hybridized carbons (Fsp3) is 0.200. The molecule has 1 spiro atoms. The molecule has 0 radical (unpaired) electrons. The number of benzene rings is 3. The Kier molecular flexibility index (Phi) is 3.97. The number of para-hydroxylation sites is 2. The standard InChI is InChI=1S/C25H22N2O3/c1-24(2)20-11-7-8-12-21(20)27(19-9-5-4-6-10-19)25(24)14-13-17-15-18(26-28)16-22(29-3)23(17)30-25/h4-16H,1-3H3. The van der Waals surface area contributed by atoms with Gasteiger partial charge in [-0.25, -0.2) is 0 Å². The van der Waals surface area contributed by atoms with E-state index in [0.717, 1.165) is 16.9 Å². The van der Waals surface area contributed by atoms with Gasteiger partial charge in [0.05, 0.1) is 12.5 Å². The highest BCUT2D eigenvalue weighted by Crippen LogP contribution is 2.58. The molecule has 5 heteroatoms. The summed E-state index contributed by atoms with van der Waals surface area (Å²) in [6.45, 7) is 4.38. The van der Waals surface area contributed by atoms with Crippen LogP contribution in [0.4, 0.5) is 17.1 Å². The Morgan fingerprint density at radius 2 is 1.73 bits per heavy atom. The highest BCUT2D eigenvalue weighted by atomic mass is 16.5. The van der Waals surface area contributed by atoms with E-state index in [2.05, 4.69) is 60.3 Å². The van der Waals surface area contributed by atoms with Crippen LogP contribution in [-0.2, 0) is 5.41 Å². The minimum atomic E-state index is -0.811. The Hall–Kier alpha value is -3.60. The zero-order valence-corrected chi connectivity index (χ0v) is 17.1. The van der Waals surface area contributed by atoms with Crippen molar-refractivity contribution < 1.29 is 9.47 Å². The van der Waals surface area contributed by atoms with Crippen LogP contribution in [0.1, 0.15) is 25.0 Å². The van der Waals surface area contributed by atoms with Crippen molar-refractivity contribution in [3.63, 3.8) is 0 Å². The van der Waals surface area contributed by atoms with Crippen molar-refractivity contribution in [1.82, 2.24) is 0 Å². The smallest absolute Gasteiger partial charge is 0.216 e. The second kappa shape index (κ2) is 6.46. The minimum Gasteiger partial charge on any atom is -0.493 e. The van der Waals surface area contributed by atoms with Crippen LogP contribution < -0.4 is 14.4 Å². The summed E-state index contributed by atoms with van der Waals surface area (Å²) in [5.41, 5.74) is 3.24. The van der Waals surface area contributed by atoms with Crippen LogP contribution in [0.3, 0.4) is 0 Å². The number of nitroso groups, excluding NO2 is 1. The lowest BCUT2D eigenvalue weighted by Gasteiger charge is -2.47. The molecule has 3 aromatic carbocycles. The Bertz CT molecular complexity index is 1170. The third kappa shape index (κ3) is 2.35. The zero-order valence-electron chi connectivity index (χ0n) is 17.1. The second-order valence-electron chi connectivity index (χ2n) is 8.10. The number of hydrogen-bond donors (Lipinski definition) is 0. The van der Waals surface area contributed by atoms with Gasteiger partial charge in [0.25, 0.3) is 0 Å². The molecule has 2 aliphatic heterocycles. The number of anilines is 2. The normalized spacial score (nSPS) is 20.4. The second-order valence-corrected chi connectivity index (χ2v) is 8.10. The SMILES string of the molecule is COc1cc(N=O)cc2c1OC1(C=C2)N(c2ccccc2)c2ccccc2C1(C)C. The molecule has 0 N–H and O–H groups in total. The van der Waals surface area contributed by atoms with E-state index in [9.17, 15) is 4.91 Å². The maximum absolute atomic E-state index is 11.1. The molecule has 2 aliphatic rings. The molecule has 0 saturated heterocycles. The molecular formula is C25H22N2O3. The van der Waals surface area contributed by atoms with Gasteiger partial charge < -0.3 is 9.47 Å². The Morgan fingerprint density at radius 3 is 2.47 bits per heavy atom. The van der Waals surface area contributed by atoms with Gasteiger partial charge >= 0.3 is 0 Å². The molecule has 2 heterocycles. The monoisotopic (exact) mass is 398 g/mol. The largest absolute Gasteiger partial charge is 0.493 e. The minimum absolute atomic E-state index is 0.309. The van der Waals surface area contributed by atoms with Crippen molar-refractivity contribution >= 4 is 23.1 Å². The third-order valence-corrected chi connectivity index (χ3v) is 6.20. The molecular weight excluding hydrogens is 376 g/mol. The van der Waals surface area contributed by atoms with Gasteiger partial charge in [-0.15, -0.1) is 4.91 Å². The summed E-state index contributed by atoms with van der Waals surface area (Å²) in [4.78, 5) is 13.4. The molecule has 1 unspecified atom stereocenters. The number of methoxy groups -OCH3 is 1. The molecule has 30 heavy (non-hydrogen) atoms. The van der Waals surface area contributed by atoms with E-state index < -0.39 is 5.72 Å². The van der Waals surface area contributed by atoms with Crippen LogP contribution in [0.15, 0.2) is 78.0 Å². The number of nitrogens with zero attached hydrogens (tertiary/aromatic N) is 2. The van der Waals surface area contributed by atoms with Crippen molar-refractivity contribution in [3.05, 3.63) is 88.8 Å². The van der Waals surface area contributed by atoms with Gasteiger partial charge in [0.15, 0.2) is 11.5 Å². The molecule has 5 nitrogen and oxygen atoms in total. The highest BCUT2D eigenvalue weighted by molar-refractivity contribution is 5.80. The van der Waals surface area contributed by atoms with E-state index in [-0.39, 0.29) is 5.41 Å². The molecule has 0 fully saturated rings. The Labute approximate surface area is 175 Å². The number of ether oxygens (including phenoxy) is 2. The predicted octanol–water partition coefficient (Wildman–Crippen LogP) is 6.32. The quantitative estimate of drug-likeness (QED) is 0.484. The molecule has 0 bridgehead atoms. The molecule has 0 amide bonds. The van der Waals surface area contributed by atoms with Crippen molar-refractivity contribution in [2.24, 2.45) is 5.18 Å². The third-order valence-electron chi connectivity index (χ3n) is 6.20. The van der Waals surface area contributed by atoms with Crippen LogP contribution >= 0.6 is 0 Å². The van der Waals surface area contributed by atoms with Crippen LogP contribution in [0.5, 0.6) is 11.5 Å². The summed E-state index contributed by atoms with van der Waals surface area (Å²) < 4.78 is 12.4. The van der Waals surface area contributed by atoms with E-state index in [1.807, 2.05) is 30.3 Å². The van der Waals surface area contributed by atoms with Crippen LogP contribution in [-0.4, -0.2) is 12.8 Å². The summed E-state index contributed by atoms with van der Waals surface area (Å²) in [7, 11) is 1.57. The maximum Gasteiger partial charge on any atom is 0.216 e. The Balaban J connectivity index is 1.77. The van der Waals surface area contributed by atoms with E-state index in [4.69, 9.17) is 9.47 Å². The van der Waals surface area contributed by atoms with E-state index >= 15 is 0 Å². The van der Waals surface area contributed by atoms with Gasteiger partial charge in [0, 0.05) is 23.0 Å². The number of rotatable bonds is 3. The molecule has 150 valence electrons. The van der Waals surface area contributed by atoms with Gasteiger partial charge in [0.1, 0.15) is 5.69 Å². The van der Waals surface area contributed by atoms with E-state index in [1.165, 1.54) is 5.56 Å². The van der Waals surface area contributed by atoms with Gasteiger partial charge in [0.2, 0.25) is 5.72 Å². The number of fused-ring (bicyclic) bond motifs is 2. The van der Waals surface area contributed by atoms with Gasteiger partial charge in [-0.05, 0) is 61.0 Å². The van der Waals surface area contributed by atoms with Crippen LogP contribution in [0.25, 0.3) is 6.08 Å². The molecule has 3 aromatic rings. The summed E-state index contributed by atoms with van der Waals surface area (Å²) in [6.07, 6.45) is 4.08. The summed E-state index contributed by atoms with van der Waals surface area (Å²) >= 11 is 0. The van der Waals surface area contributed by atoms with Crippen molar-refractivity contribution in [3.8, 4) is 11.5 Å². The summed E-state index contributed by atoms with van der Waals surface area (Å²) in [6, 6.07) is 22.0. The lowest BCUT2D eigenvalue weighted by atomic mass is 9.76. The maximum atomic E-state index is 11.1. The highest BCUT2D eigenvalue weighted by Gasteiger charge is 2.59. The fourth-order valence-corrected chi connectivity index (χ4v) is 4.65. The van der Waals surface area contributed by atoms with Crippen molar-refractivity contribution in [2.75, 3.05) is 12.0 Å². The Morgan fingerprint density at radius 1 is 1.00 bits per heavy atom. The average Bonchev–Trinajstić information content (AvgIpc) is 2.97. The zero-order chi connectivity index (χ0) is 20.9. The van der Waals surface area contributed by atoms with E-state index in [1.54, 1.807) is 19.2 Å². The van der Waals surface area contributed by atoms with Crippen molar-refractivity contribution in [1.29, 1.82) is 0 Å². The number of hydrogen-bond acceptors (Lipinski definition) is 5. The first-order chi connectivity index (χ1) is 14.5.